The average Bonchev–Trinajstić information content (AvgIpc) is 2.86. The number of rotatable bonds is 9. The molecule has 20 heavy (non-hydrogen) atoms. The standard InChI is InChI=1S/C17H33NO2/c1-14(2)13-18(15-9-5-6-10-15)12-8-7-11-17(3,4)16(19)20/h14-15H,5-13H2,1-4H3,(H,19,20). The van der Waals surface area contributed by atoms with Gasteiger partial charge in [-0.05, 0) is 52.0 Å². The highest BCUT2D eigenvalue weighted by Gasteiger charge is 2.27. The van der Waals surface area contributed by atoms with E-state index in [1.165, 1.54) is 32.2 Å². The molecule has 1 fully saturated rings. The summed E-state index contributed by atoms with van der Waals surface area (Å²) in [5.74, 6) is 0.0402. The van der Waals surface area contributed by atoms with Gasteiger partial charge in [0.15, 0.2) is 0 Å². The number of nitrogens with zero attached hydrogens (tertiary/aromatic N) is 1. The summed E-state index contributed by atoms with van der Waals surface area (Å²) in [4.78, 5) is 13.8. The highest BCUT2D eigenvalue weighted by molar-refractivity contribution is 5.73. The lowest BCUT2D eigenvalue weighted by Crippen LogP contribution is -2.37. The molecule has 0 saturated heterocycles. The quantitative estimate of drug-likeness (QED) is 0.646. The topological polar surface area (TPSA) is 40.5 Å². The van der Waals surface area contributed by atoms with Crippen LogP contribution in [-0.4, -0.2) is 35.1 Å². The average molecular weight is 283 g/mol. The van der Waals surface area contributed by atoms with Crippen LogP contribution in [0.5, 0.6) is 0 Å². The van der Waals surface area contributed by atoms with Crippen molar-refractivity contribution >= 4 is 5.97 Å². The summed E-state index contributed by atoms with van der Waals surface area (Å²) in [7, 11) is 0. The van der Waals surface area contributed by atoms with Gasteiger partial charge in [0.2, 0.25) is 0 Å². The van der Waals surface area contributed by atoms with Gasteiger partial charge in [0, 0.05) is 12.6 Å². The summed E-state index contributed by atoms with van der Waals surface area (Å²) >= 11 is 0. The molecule has 0 radical (unpaired) electrons. The van der Waals surface area contributed by atoms with Crippen LogP contribution in [0.4, 0.5) is 0 Å². The molecule has 1 N–H and O–H groups in total. The zero-order chi connectivity index (χ0) is 15.2. The molecule has 1 aliphatic rings. The number of hydrogen-bond donors (Lipinski definition) is 1. The predicted octanol–water partition coefficient (Wildman–Crippen LogP) is 4.17. The minimum atomic E-state index is -0.674. The second kappa shape index (κ2) is 8.02. The van der Waals surface area contributed by atoms with Gasteiger partial charge in [-0.15, -0.1) is 0 Å². The fourth-order valence-corrected chi connectivity index (χ4v) is 3.15. The molecule has 1 saturated carbocycles. The summed E-state index contributed by atoms with van der Waals surface area (Å²) in [6, 6.07) is 0.782. The van der Waals surface area contributed by atoms with Crippen LogP contribution >= 0.6 is 0 Å². The molecule has 0 heterocycles. The molecular formula is C17H33NO2. The second-order valence-electron chi connectivity index (χ2n) is 7.47. The van der Waals surface area contributed by atoms with Crippen molar-refractivity contribution in [2.45, 2.75) is 78.7 Å². The van der Waals surface area contributed by atoms with Gasteiger partial charge in [-0.1, -0.05) is 33.1 Å². The van der Waals surface area contributed by atoms with Gasteiger partial charge in [0.1, 0.15) is 0 Å². The monoisotopic (exact) mass is 283 g/mol. The molecule has 0 amide bonds. The molecule has 3 nitrogen and oxygen atoms in total. The Morgan fingerprint density at radius 2 is 1.85 bits per heavy atom. The lowest BCUT2D eigenvalue weighted by Gasteiger charge is -2.30. The molecule has 0 atom stereocenters. The Morgan fingerprint density at radius 1 is 1.25 bits per heavy atom. The third kappa shape index (κ3) is 5.82. The first kappa shape index (κ1) is 17.5. The second-order valence-corrected chi connectivity index (χ2v) is 7.47. The third-order valence-electron chi connectivity index (χ3n) is 4.52. The molecule has 0 unspecified atom stereocenters. The van der Waals surface area contributed by atoms with Crippen LogP contribution in [0.2, 0.25) is 0 Å². The minimum absolute atomic E-state index is 0.573. The van der Waals surface area contributed by atoms with Gasteiger partial charge < -0.3 is 10.0 Å². The van der Waals surface area contributed by atoms with Crippen LogP contribution in [-0.2, 0) is 4.79 Å². The number of aliphatic carboxylic acids is 1. The molecule has 3 heteroatoms. The van der Waals surface area contributed by atoms with E-state index in [1.807, 2.05) is 13.8 Å². The summed E-state index contributed by atoms with van der Waals surface area (Å²) in [5, 5.41) is 9.13. The molecule has 0 spiro atoms. The van der Waals surface area contributed by atoms with Crippen LogP contribution in [0.3, 0.4) is 0 Å². The zero-order valence-electron chi connectivity index (χ0n) is 13.8. The summed E-state index contributed by atoms with van der Waals surface area (Å²) in [6.45, 7) is 10.6. The van der Waals surface area contributed by atoms with Crippen molar-refractivity contribution in [2.24, 2.45) is 11.3 Å². The van der Waals surface area contributed by atoms with Crippen molar-refractivity contribution in [3.63, 3.8) is 0 Å². The maximum Gasteiger partial charge on any atom is 0.309 e. The summed E-state index contributed by atoms with van der Waals surface area (Å²) < 4.78 is 0. The maximum absolute atomic E-state index is 11.1. The van der Waals surface area contributed by atoms with Crippen LogP contribution in [0.1, 0.15) is 72.6 Å². The van der Waals surface area contributed by atoms with Crippen LogP contribution in [0.25, 0.3) is 0 Å². The van der Waals surface area contributed by atoms with E-state index in [9.17, 15) is 4.79 Å². The molecule has 0 aromatic rings. The summed E-state index contributed by atoms with van der Waals surface area (Å²) in [5.41, 5.74) is -0.573. The van der Waals surface area contributed by atoms with Gasteiger partial charge in [-0.2, -0.15) is 0 Å². The lowest BCUT2D eigenvalue weighted by atomic mass is 9.87. The number of hydrogen-bond acceptors (Lipinski definition) is 2. The van der Waals surface area contributed by atoms with Crippen LogP contribution in [0, 0.1) is 11.3 Å². The minimum Gasteiger partial charge on any atom is -0.481 e. The van der Waals surface area contributed by atoms with Gasteiger partial charge >= 0.3 is 5.97 Å². The Kier molecular flexibility index (Phi) is 7.01. The van der Waals surface area contributed by atoms with Gasteiger partial charge in [0.25, 0.3) is 0 Å². The number of carboxylic acid groups (broad SMARTS) is 1. The Balaban J connectivity index is 2.33. The highest BCUT2D eigenvalue weighted by atomic mass is 16.4. The van der Waals surface area contributed by atoms with E-state index in [0.29, 0.717) is 5.92 Å². The first-order valence-electron chi connectivity index (χ1n) is 8.30. The maximum atomic E-state index is 11.1. The largest absolute Gasteiger partial charge is 0.481 e. The Hall–Kier alpha value is -0.570. The van der Waals surface area contributed by atoms with Crippen molar-refractivity contribution in [2.75, 3.05) is 13.1 Å². The van der Waals surface area contributed by atoms with Gasteiger partial charge in [-0.25, -0.2) is 0 Å². The molecule has 0 aliphatic heterocycles. The van der Waals surface area contributed by atoms with E-state index in [1.54, 1.807) is 0 Å². The first-order valence-corrected chi connectivity index (χ1v) is 8.30. The Morgan fingerprint density at radius 3 is 2.35 bits per heavy atom. The lowest BCUT2D eigenvalue weighted by molar-refractivity contribution is -0.147. The van der Waals surface area contributed by atoms with Crippen molar-refractivity contribution in [3.05, 3.63) is 0 Å². The van der Waals surface area contributed by atoms with E-state index in [0.717, 1.165) is 31.8 Å². The van der Waals surface area contributed by atoms with Crippen molar-refractivity contribution in [1.82, 2.24) is 4.90 Å². The number of carbonyl (C=O) groups is 1. The summed E-state index contributed by atoms with van der Waals surface area (Å²) in [6.07, 6.45) is 8.39. The smallest absolute Gasteiger partial charge is 0.309 e. The Bertz CT molecular complexity index is 293. The Labute approximate surface area is 124 Å². The van der Waals surface area contributed by atoms with Crippen molar-refractivity contribution in [1.29, 1.82) is 0 Å². The SMILES string of the molecule is CC(C)CN(CCCCC(C)(C)C(=O)O)C1CCCC1. The van der Waals surface area contributed by atoms with Crippen LogP contribution in [0.15, 0.2) is 0 Å². The first-order chi connectivity index (χ1) is 9.33. The molecule has 0 bridgehead atoms. The fourth-order valence-electron chi connectivity index (χ4n) is 3.15. The highest BCUT2D eigenvalue weighted by Crippen LogP contribution is 2.26. The van der Waals surface area contributed by atoms with Crippen LogP contribution < -0.4 is 0 Å². The van der Waals surface area contributed by atoms with Crippen molar-refractivity contribution < 1.29 is 9.90 Å². The predicted molar refractivity (Wildman–Crippen MR) is 83.9 cm³/mol. The van der Waals surface area contributed by atoms with E-state index in [4.69, 9.17) is 5.11 Å². The molecule has 0 aromatic heterocycles. The van der Waals surface area contributed by atoms with E-state index >= 15 is 0 Å². The third-order valence-corrected chi connectivity index (χ3v) is 4.52. The van der Waals surface area contributed by atoms with Gasteiger partial charge in [-0.3, -0.25) is 4.79 Å². The fraction of sp³-hybridized carbons (Fsp3) is 0.941. The zero-order valence-corrected chi connectivity index (χ0v) is 13.8. The van der Waals surface area contributed by atoms with E-state index in [2.05, 4.69) is 18.7 Å². The normalized spacial score (nSPS) is 17.3. The van der Waals surface area contributed by atoms with E-state index in [-0.39, 0.29) is 0 Å². The molecule has 1 rings (SSSR count). The van der Waals surface area contributed by atoms with Crippen molar-refractivity contribution in [3.8, 4) is 0 Å². The molecule has 1 aliphatic carbocycles. The number of unbranched alkanes of at least 4 members (excludes halogenated alkanes) is 1. The van der Waals surface area contributed by atoms with Gasteiger partial charge in [0.05, 0.1) is 5.41 Å². The molecular weight excluding hydrogens is 250 g/mol. The van der Waals surface area contributed by atoms with E-state index < -0.39 is 11.4 Å². The molecule has 0 aromatic carbocycles. The molecule has 118 valence electrons. The number of carboxylic acids is 1.